The number of alkyl halides is 4. The maximum absolute atomic E-state index is 12.7. The third-order valence-electron chi connectivity index (χ3n) is 3.51. The van der Waals surface area contributed by atoms with Crippen LogP contribution in [0, 0.1) is 0 Å². The molecule has 1 heterocycles. The lowest BCUT2D eigenvalue weighted by atomic mass is 9.97. The molecular formula is C17H11BrF3N. The van der Waals surface area contributed by atoms with E-state index in [-0.39, 0.29) is 0 Å². The summed E-state index contributed by atoms with van der Waals surface area (Å²) in [4.78, 5) is 4.40. The average molecular weight is 366 g/mol. The minimum Gasteiger partial charge on any atom is -0.259 e. The minimum atomic E-state index is -4.33. The van der Waals surface area contributed by atoms with Crippen molar-refractivity contribution < 1.29 is 13.2 Å². The number of pyridine rings is 1. The van der Waals surface area contributed by atoms with Gasteiger partial charge in [0.15, 0.2) is 0 Å². The van der Waals surface area contributed by atoms with Gasteiger partial charge in [0.1, 0.15) is 0 Å². The van der Waals surface area contributed by atoms with Crippen LogP contribution >= 0.6 is 15.9 Å². The van der Waals surface area contributed by atoms with Gasteiger partial charge in [-0.05, 0) is 23.1 Å². The fraction of sp³-hybridized carbons (Fsp3) is 0.118. The Morgan fingerprint density at radius 2 is 1.64 bits per heavy atom. The number of nitrogens with zero attached hydrogens (tertiary/aromatic N) is 1. The van der Waals surface area contributed by atoms with Crippen molar-refractivity contribution in [3.05, 3.63) is 66.0 Å². The molecule has 0 saturated heterocycles. The zero-order valence-electron chi connectivity index (χ0n) is 11.4. The second kappa shape index (κ2) is 5.72. The fourth-order valence-corrected chi connectivity index (χ4v) is 2.88. The number of benzene rings is 2. The molecule has 0 spiro atoms. The third kappa shape index (κ3) is 2.73. The molecule has 3 aromatic rings. The summed E-state index contributed by atoms with van der Waals surface area (Å²) in [6.45, 7) is 0. The summed E-state index contributed by atoms with van der Waals surface area (Å²) in [5.74, 6) is 0. The molecule has 2 aromatic carbocycles. The van der Waals surface area contributed by atoms with Gasteiger partial charge >= 0.3 is 6.18 Å². The van der Waals surface area contributed by atoms with E-state index in [4.69, 9.17) is 0 Å². The second-order valence-corrected chi connectivity index (χ2v) is 5.44. The zero-order chi connectivity index (χ0) is 15.7. The van der Waals surface area contributed by atoms with Crippen LogP contribution in [0.1, 0.15) is 11.3 Å². The van der Waals surface area contributed by atoms with Crippen molar-refractivity contribution in [1.82, 2.24) is 4.98 Å². The Morgan fingerprint density at radius 1 is 0.955 bits per heavy atom. The molecule has 0 saturated carbocycles. The molecule has 0 aliphatic carbocycles. The van der Waals surface area contributed by atoms with Gasteiger partial charge in [-0.15, -0.1) is 0 Å². The Morgan fingerprint density at radius 3 is 2.27 bits per heavy atom. The van der Waals surface area contributed by atoms with E-state index in [2.05, 4.69) is 20.9 Å². The van der Waals surface area contributed by atoms with Gasteiger partial charge in [-0.1, -0.05) is 52.3 Å². The van der Waals surface area contributed by atoms with Crippen molar-refractivity contribution in [3.8, 4) is 11.1 Å². The van der Waals surface area contributed by atoms with Crippen molar-refractivity contribution in [1.29, 1.82) is 0 Å². The third-order valence-corrected chi connectivity index (χ3v) is 4.04. The Kier molecular flexibility index (Phi) is 3.91. The number of hydrogen-bond donors (Lipinski definition) is 0. The van der Waals surface area contributed by atoms with Gasteiger partial charge in [0.05, 0.1) is 11.3 Å². The highest BCUT2D eigenvalue weighted by Gasteiger charge is 2.30. The van der Waals surface area contributed by atoms with Gasteiger partial charge in [-0.3, -0.25) is 4.98 Å². The lowest BCUT2D eigenvalue weighted by Gasteiger charge is -2.12. The van der Waals surface area contributed by atoms with Gasteiger partial charge in [-0.2, -0.15) is 13.2 Å². The van der Waals surface area contributed by atoms with Crippen molar-refractivity contribution in [2.45, 2.75) is 11.5 Å². The molecule has 0 aliphatic rings. The molecule has 22 heavy (non-hydrogen) atoms. The van der Waals surface area contributed by atoms with Crippen molar-refractivity contribution in [3.63, 3.8) is 0 Å². The number of halogens is 4. The predicted octanol–water partition coefficient (Wildman–Crippen LogP) is 5.82. The molecule has 0 bridgehead atoms. The molecule has 5 heteroatoms. The molecule has 0 atom stereocenters. The summed E-state index contributed by atoms with van der Waals surface area (Å²) in [5, 5.41) is 2.47. The molecule has 0 radical (unpaired) electrons. The van der Waals surface area contributed by atoms with Crippen LogP contribution in [-0.4, -0.2) is 4.98 Å². The summed E-state index contributed by atoms with van der Waals surface area (Å²) in [5.41, 5.74) is 1.75. The summed E-state index contributed by atoms with van der Waals surface area (Å²) >= 11 is 3.40. The highest BCUT2D eigenvalue weighted by Crippen LogP contribution is 2.35. The molecule has 0 fully saturated rings. The van der Waals surface area contributed by atoms with Crippen LogP contribution in [0.2, 0.25) is 0 Å². The van der Waals surface area contributed by atoms with E-state index >= 15 is 0 Å². The molecule has 0 amide bonds. The van der Waals surface area contributed by atoms with Crippen LogP contribution in [0.5, 0.6) is 0 Å². The summed E-state index contributed by atoms with van der Waals surface area (Å²) in [6, 6.07) is 12.9. The van der Waals surface area contributed by atoms with Crippen LogP contribution in [0.15, 0.2) is 54.7 Å². The largest absolute Gasteiger partial charge is 0.416 e. The van der Waals surface area contributed by atoms with E-state index in [0.29, 0.717) is 5.33 Å². The Labute approximate surface area is 133 Å². The van der Waals surface area contributed by atoms with E-state index < -0.39 is 11.7 Å². The van der Waals surface area contributed by atoms with E-state index in [1.165, 1.54) is 12.1 Å². The molecule has 1 nitrogen and oxygen atoms in total. The number of hydrogen-bond acceptors (Lipinski definition) is 1. The maximum atomic E-state index is 12.7. The Bertz CT molecular complexity index is 810. The standard InChI is InChI=1S/C17H11BrF3N/c18-9-15-16(14-4-2-1-3-12(14)10-22-15)11-5-7-13(8-6-11)17(19,20)21/h1-8,10H,9H2. The summed E-state index contributed by atoms with van der Waals surface area (Å²) in [6.07, 6.45) is -2.55. The first-order chi connectivity index (χ1) is 10.5. The lowest BCUT2D eigenvalue weighted by molar-refractivity contribution is -0.137. The van der Waals surface area contributed by atoms with Gasteiger partial charge in [0.2, 0.25) is 0 Å². The van der Waals surface area contributed by atoms with Gasteiger partial charge in [-0.25, -0.2) is 0 Å². The number of aromatic nitrogens is 1. The quantitative estimate of drug-likeness (QED) is 0.521. The minimum absolute atomic E-state index is 0.536. The molecule has 0 unspecified atom stereocenters. The molecule has 1 aromatic heterocycles. The average Bonchev–Trinajstić information content (AvgIpc) is 2.53. The molecule has 0 aliphatic heterocycles. The first-order valence-corrected chi connectivity index (χ1v) is 7.73. The number of fused-ring (bicyclic) bond motifs is 1. The SMILES string of the molecule is FC(F)(F)c1ccc(-c2c(CBr)ncc3ccccc23)cc1. The molecule has 112 valence electrons. The topological polar surface area (TPSA) is 12.9 Å². The second-order valence-electron chi connectivity index (χ2n) is 4.88. The van der Waals surface area contributed by atoms with Crippen molar-refractivity contribution in [2.24, 2.45) is 0 Å². The smallest absolute Gasteiger partial charge is 0.259 e. The summed E-state index contributed by atoms with van der Waals surface area (Å²) in [7, 11) is 0. The summed E-state index contributed by atoms with van der Waals surface area (Å²) < 4.78 is 38.1. The Hall–Kier alpha value is -1.88. The van der Waals surface area contributed by atoms with Crippen LogP contribution < -0.4 is 0 Å². The molecule has 3 rings (SSSR count). The van der Waals surface area contributed by atoms with Crippen molar-refractivity contribution in [2.75, 3.05) is 0 Å². The zero-order valence-corrected chi connectivity index (χ0v) is 12.9. The lowest BCUT2D eigenvalue weighted by Crippen LogP contribution is -2.04. The van der Waals surface area contributed by atoms with Crippen molar-refractivity contribution >= 4 is 26.7 Å². The van der Waals surface area contributed by atoms with Crippen LogP contribution in [0.4, 0.5) is 13.2 Å². The highest BCUT2D eigenvalue weighted by atomic mass is 79.9. The molecule has 0 N–H and O–H groups in total. The van der Waals surface area contributed by atoms with E-state index in [1.807, 2.05) is 24.3 Å². The first-order valence-electron chi connectivity index (χ1n) is 6.61. The normalized spacial score (nSPS) is 11.8. The maximum Gasteiger partial charge on any atom is 0.416 e. The van der Waals surface area contributed by atoms with Gasteiger partial charge in [0.25, 0.3) is 0 Å². The van der Waals surface area contributed by atoms with Gasteiger partial charge in [0, 0.05) is 22.5 Å². The Balaban J connectivity index is 2.20. The van der Waals surface area contributed by atoms with E-state index in [9.17, 15) is 13.2 Å². The molecular weight excluding hydrogens is 355 g/mol. The van der Waals surface area contributed by atoms with Crippen LogP contribution in [0.25, 0.3) is 21.9 Å². The van der Waals surface area contributed by atoms with Crippen LogP contribution in [0.3, 0.4) is 0 Å². The van der Waals surface area contributed by atoms with E-state index in [1.54, 1.807) is 6.20 Å². The first kappa shape index (κ1) is 15.0. The van der Waals surface area contributed by atoms with Gasteiger partial charge < -0.3 is 0 Å². The van der Waals surface area contributed by atoms with E-state index in [0.717, 1.165) is 39.7 Å². The highest BCUT2D eigenvalue weighted by molar-refractivity contribution is 9.08. The number of rotatable bonds is 2. The van der Waals surface area contributed by atoms with Crippen LogP contribution in [-0.2, 0) is 11.5 Å². The monoisotopic (exact) mass is 365 g/mol. The fourth-order valence-electron chi connectivity index (χ4n) is 2.45. The predicted molar refractivity (Wildman–Crippen MR) is 84.8 cm³/mol.